The zero-order valence-corrected chi connectivity index (χ0v) is 29.7. The summed E-state index contributed by atoms with van der Waals surface area (Å²) >= 11 is 0. The van der Waals surface area contributed by atoms with Gasteiger partial charge < -0.3 is 13.9 Å². The second-order valence-corrected chi connectivity index (χ2v) is 12.3. The van der Waals surface area contributed by atoms with E-state index in [-0.39, 0.29) is 26.8 Å². The van der Waals surface area contributed by atoms with Crippen LogP contribution in [0.1, 0.15) is 5.69 Å². The summed E-state index contributed by atoms with van der Waals surface area (Å²) in [6, 6.07) is 53.5. The van der Waals surface area contributed by atoms with Gasteiger partial charge in [-0.1, -0.05) is 90.0 Å². The van der Waals surface area contributed by atoms with Gasteiger partial charge in [-0.05, 0) is 72.6 Å². The van der Waals surface area contributed by atoms with Crippen LogP contribution in [0.25, 0.3) is 89.5 Å². The molecule has 0 saturated heterocycles. The molecule has 6 heteroatoms. The summed E-state index contributed by atoms with van der Waals surface area (Å²) in [6.45, 7) is 1.99. The molecule has 0 radical (unpaired) electrons. The first-order chi connectivity index (χ1) is 24.6. The Balaban J connectivity index is 0.00000374. The summed E-state index contributed by atoms with van der Waals surface area (Å²) < 4.78 is 12.5. The zero-order valence-electron chi connectivity index (χ0n) is 27.4. The van der Waals surface area contributed by atoms with Crippen molar-refractivity contribution in [3.63, 3.8) is 0 Å². The summed E-state index contributed by atoms with van der Waals surface area (Å²) in [6.07, 6.45) is 0. The van der Waals surface area contributed by atoms with Crippen molar-refractivity contribution in [2.24, 2.45) is 0 Å². The Morgan fingerprint density at radius 2 is 1.16 bits per heavy atom. The van der Waals surface area contributed by atoms with Gasteiger partial charge in [0.05, 0.1) is 5.69 Å². The molecule has 0 unspecified atom stereocenters. The summed E-state index contributed by atoms with van der Waals surface area (Å²) in [5, 5.41) is 12.9. The molecule has 5 aromatic carbocycles. The standard InChI is InChI=1S/C45H29N2O3.Pt/c1-28-22-34(43-21-20-42(49-43)32-18-19-36-35-14-6-8-17-44(35)50-45(36)27-32)26-38(46-28)30-12-9-13-31(23-30)39-24-33(29-10-3-2-4-11-29)25-40(47-39)37-15-5-7-16-41(37)48;/h2-22,24-27,48H,1H3;/q-1;. The minimum atomic E-state index is 0. The number of aryl methyl sites for hydroxylation is 1. The molecule has 9 rings (SSSR count). The second kappa shape index (κ2) is 13.4. The maximum absolute atomic E-state index is 10.7. The fourth-order valence-electron chi connectivity index (χ4n) is 6.54. The van der Waals surface area contributed by atoms with E-state index in [4.69, 9.17) is 18.8 Å². The van der Waals surface area contributed by atoms with Crippen LogP contribution >= 0.6 is 0 Å². The van der Waals surface area contributed by atoms with E-state index in [0.29, 0.717) is 11.3 Å². The van der Waals surface area contributed by atoms with Crippen molar-refractivity contribution in [2.75, 3.05) is 0 Å². The molecule has 51 heavy (non-hydrogen) atoms. The van der Waals surface area contributed by atoms with Crippen molar-refractivity contribution in [1.82, 2.24) is 9.97 Å². The number of para-hydroxylation sites is 2. The number of hydrogen-bond donors (Lipinski definition) is 1. The number of aromatic nitrogens is 2. The van der Waals surface area contributed by atoms with Crippen LogP contribution in [0, 0.1) is 13.0 Å². The van der Waals surface area contributed by atoms with Crippen LogP contribution in [0.15, 0.2) is 160 Å². The molecule has 0 aliphatic carbocycles. The van der Waals surface area contributed by atoms with Crippen LogP contribution in [-0.4, -0.2) is 15.1 Å². The molecule has 0 spiro atoms. The van der Waals surface area contributed by atoms with Gasteiger partial charge in [0.15, 0.2) is 0 Å². The molecule has 1 N–H and O–H groups in total. The van der Waals surface area contributed by atoms with Gasteiger partial charge in [-0.25, -0.2) is 0 Å². The van der Waals surface area contributed by atoms with Crippen molar-refractivity contribution in [3.8, 4) is 73.3 Å². The Labute approximate surface area is 309 Å². The maximum atomic E-state index is 10.7. The Kier molecular flexibility index (Phi) is 8.43. The number of fused-ring (bicyclic) bond motifs is 3. The molecule has 5 nitrogen and oxygen atoms in total. The minimum Gasteiger partial charge on any atom is -0.507 e. The predicted molar refractivity (Wildman–Crippen MR) is 199 cm³/mol. The molecular formula is C45H29N2O3Pt-. The average molecular weight is 841 g/mol. The molecule has 4 heterocycles. The molecular weight excluding hydrogens is 812 g/mol. The summed E-state index contributed by atoms with van der Waals surface area (Å²) in [5.74, 6) is 1.69. The van der Waals surface area contributed by atoms with Crippen LogP contribution in [0.5, 0.6) is 5.75 Å². The van der Waals surface area contributed by atoms with Gasteiger partial charge in [0, 0.05) is 65.6 Å². The number of pyridine rings is 2. The first-order valence-electron chi connectivity index (χ1n) is 16.5. The maximum Gasteiger partial charge on any atom is 0.136 e. The fraction of sp³-hybridized carbons (Fsp3) is 0.0222. The molecule has 0 saturated carbocycles. The zero-order chi connectivity index (χ0) is 33.6. The molecule has 0 fully saturated rings. The third-order valence-corrected chi connectivity index (χ3v) is 8.97. The van der Waals surface area contributed by atoms with Crippen molar-refractivity contribution < 1.29 is 35.0 Å². The first kappa shape index (κ1) is 32.2. The van der Waals surface area contributed by atoms with Gasteiger partial charge in [-0.3, -0.25) is 9.97 Å². The largest absolute Gasteiger partial charge is 0.507 e. The van der Waals surface area contributed by atoms with E-state index in [0.717, 1.165) is 83.9 Å². The van der Waals surface area contributed by atoms with Crippen molar-refractivity contribution in [3.05, 3.63) is 163 Å². The number of phenols is 1. The van der Waals surface area contributed by atoms with Gasteiger partial charge in [0.1, 0.15) is 28.4 Å². The number of furan rings is 2. The Hall–Kier alpha value is -6.03. The van der Waals surface area contributed by atoms with Crippen LogP contribution < -0.4 is 0 Å². The molecule has 0 aliphatic heterocycles. The smallest absolute Gasteiger partial charge is 0.136 e. The predicted octanol–water partition coefficient (Wildman–Crippen LogP) is 11.8. The van der Waals surface area contributed by atoms with Crippen molar-refractivity contribution in [1.29, 1.82) is 0 Å². The molecule has 0 atom stereocenters. The third-order valence-electron chi connectivity index (χ3n) is 8.97. The fourth-order valence-corrected chi connectivity index (χ4v) is 6.54. The third kappa shape index (κ3) is 6.18. The van der Waals surface area contributed by atoms with E-state index in [2.05, 4.69) is 42.5 Å². The molecule has 4 aromatic heterocycles. The normalized spacial score (nSPS) is 11.2. The number of phenolic OH excluding ortho intramolecular Hbond substituents is 1. The number of nitrogens with zero attached hydrogens (tertiary/aromatic N) is 2. The number of rotatable bonds is 6. The van der Waals surface area contributed by atoms with Crippen molar-refractivity contribution in [2.45, 2.75) is 6.92 Å². The number of aromatic hydroxyl groups is 1. The molecule has 0 bridgehead atoms. The molecule has 0 amide bonds. The van der Waals surface area contributed by atoms with Crippen LogP contribution in [0.3, 0.4) is 0 Å². The summed E-state index contributed by atoms with van der Waals surface area (Å²) in [4.78, 5) is 9.89. The molecule has 248 valence electrons. The van der Waals surface area contributed by atoms with E-state index in [1.54, 1.807) is 6.07 Å². The Morgan fingerprint density at radius 3 is 1.98 bits per heavy atom. The van der Waals surface area contributed by atoms with E-state index in [1.165, 1.54) is 0 Å². The monoisotopic (exact) mass is 840 g/mol. The Morgan fingerprint density at radius 1 is 0.490 bits per heavy atom. The number of benzene rings is 5. The van der Waals surface area contributed by atoms with E-state index >= 15 is 0 Å². The van der Waals surface area contributed by atoms with Crippen molar-refractivity contribution >= 4 is 21.9 Å². The Bertz CT molecular complexity index is 2690. The second-order valence-electron chi connectivity index (χ2n) is 12.3. The summed E-state index contributed by atoms with van der Waals surface area (Å²) in [7, 11) is 0. The first-order valence-corrected chi connectivity index (χ1v) is 16.5. The van der Waals surface area contributed by atoms with Crippen LogP contribution in [0.4, 0.5) is 0 Å². The van der Waals surface area contributed by atoms with E-state index in [9.17, 15) is 5.11 Å². The van der Waals surface area contributed by atoms with E-state index < -0.39 is 0 Å². The van der Waals surface area contributed by atoms with E-state index in [1.807, 2.05) is 116 Å². The SMILES string of the molecule is Cc1cc(-c2ccc(-c3ccc4c(c3)oc3ccccc34)o2)cc(-c2[c-]c(-c3cc(-c4ccccc4)cc(-c4ccccc4O)n3)ccc2)n1.[Pt]. The van der Waals surface area contributed by atoms with Crippen LogP contribution in [0.2, 0.25) is 0 Å². The van der Waals surface area contributed by atoms with Gasteiger partial charge in [0.25, 0.3) is 0 Å². The quantitative estimate of drug-likeness (QED) is 0.169. The van der Waals surface area contributed by atoms with Crippen LogP contribution in [-0.2, 0) is 21.1 Å². The minimum absolute atomic E-state index is 0. The molecule has 0 aliphatic rings. The van der Waals surface area contributed by atoms with Gasteiger partial charge in [-0.15, -0.1) is 24.3 Å². The summed E-state index contributed by atoms with van der Waals surface area (Å²) in [5.41, 5.74) is 11.0. The van der Waals surface area contributed by atoms with Gasteiger partial charge in [-0.2, -0.15) is 0 Å². The van der Waals surface area contributed by atoms with Gasteiger partial charge in [0.2, 0.25) is 0 Å². The number of hydrogen-bond acceptors (Lipinski definition) is 5. The molecule has 9 aromatic rings. The average Bonchev–Trinajstić information content (AvgIpc) is 3.81. The van der Waals surface area contributed by atoms with Gasteiger partial charge >= 0.3 is 0 Å². The topological polar surface area (TPSA) is 72.3 Å².